The second-order valence-corrected chi connectivity index (χ2v) is 9.84. The number of hydrogen-bond acceptors (Lipinski definition) is 7. The zero-order chi connectivity index (χ0) is 27.5. The Balaban J connectivity index is 2.09. The molecule has 1 aromatic rings. The molecular formula is C26H43N5O6. The first-order valence-electron chi connectivity index (χ1n) is 13.5. The minimum atomic E-state index is -0.738. The molecule has 208 valence electrons. The summed E-state index contributed by atoms with van der Waals surface area (Å²) in [5.74, 6) is -1.45. The van der Waals surface area contributed by atoms with Gasteiger partial charge in [0.25, 0.3) is 11.5 Å². The number of anilines is 2. The molecule has 11 heteroatoms. The number of nitrogens with one attached hydrogen (secondary N) is 1. The number of aromatic nitrogens is 2. The van der Waals surface area contributed by atoms with Crippen molar-refractivity contribution in [2.45, 2.75) is 111 Å². The number of ether oxygens (including phenoxy) is 1. The van der Waals surface area contributed by atoms with E-state index < -0.39 is 23.1 Å². The van der Waals surface area contributed by atoms with E-state index in [1.54, 1.807) is 4.90 Å². The molecular weight excluding hydrogens is 478 g/mol. The number of unbranched alkanes of at least 4 members (excludes halogenated alkanes) is 3. The van der Waals surface area contributed by atoms with Gasteiger partial charge >= 0.3 is 11.7 Å². The van der Waals surface area contributed by atoms with Gasteiger partial charge in [-0.05, 0) is 46.0 Å². The molecule has 0 bridgehead atoms. The van der Waals surface area contributed by atoms with Crippen molar-refractivity contribution in [1.82, 2.24) is 14.5 Å². The molecule has 0 spiro atoms. The Bertz CT molecular complexity index is 1040. The lowest BCUT2D eigenvalue weighted by atomic mass is 9.97. The van der Waals surface area contributed by atoms with Crippen molar-refractivity contribution in [1.29, 1.82) is 0 Å². The van der Waals surface area contributed by atoms with Crippen molar-refractivity contribution in [3.63, 3.8) is 0 Å². The fourth-order valence-corrected chi connectivity index (χ4v) is 4.80. The predicted octanol–water partition coefficient (Wildman–Crippen LogP) is 2.56. The van der Waals surface area contributed by atoms with Crippen LogP contribution in [-0.2, 0) is 25.7 Å². The normalized spacial score (nSPS) is 17.5. The van der Waals surface area contributed by atoms with E-state index in [1.807, 2.05) is 27.7 Å². The number of amides is 2. The van der Waals surface area contributed by atoms with E-state index in [4.69, 9.17) is 10.5 Å². The first-order chi connectivity index (χ1) is 17.6. The van der Waals surface area contributed by atoms with E-state index in [-0.39, 0.29) is 55.5 Å². The standard InChI is InChI=1S/C26H43N5O6/c1-5-7-9-16-29(23-24(27)30(15-8-6-2)26(36)28-25(23)35)20(32)13-14-22(34)37-17-21(33)31-18(3)11-10-12-19(31)4/h18-19H,5-17,27H2,1-4H3,(H,28,35,36)/t18-,19-/m1/s1. The van der Waals surface area contributed by atoms with Crippen LogP contribution in [0, 0.1) is 0 Å². The molecule has 1 aromatic heterocycles. The van der Waals surface area contributed by atoms with Gasteiger partial charge in [-0.3, -0.25) is 28.7 Å². The molecule has 0 aromatic carbocycles. The summed E-state index contributed by atoms with van der Waals surface area (Å²) in [5.41, 5.74) is 4.78. The van der Waals surface area contributed by atoms with Gasteiger partial charge < -0.3 is 20.3 Å². The van der Waals surface area contributed by atoms with Crippen molar-refractivity contribution in [3.05, 3.63) is 20.8 Å². The summed E-state index contributed by atoms with van der Waals surface area (Å²) in [5, 5.41) is 0. The third-order valence-corrected chi connectivity index (χ3v) is 6.89. The maximum atomic E-state index is 13.2. The van der Waals surface area contributed by atoms with Gasteiger partial charge in [0.2, 0.25) is 5.91 Å². The predicted molar refractivity (Wildman–Crippen MR) is 142 cm³/mol. The number of piperidine rings is 1. The maximum absolute atomic E-state index is 13.2. The first kappa shape index (κ1) is 30.1. The van der Waals surface area contributed by atoms with Gasteiger partial charge in [-0.1, -0.05) is 33.1 Å². The second kappa shape index (κ2) is 14.6. The van der Waals surface area contributed by atoms with Gasteiger partial charge in [0.1, 0.15) is 5.82 Å². The van der Waals surface area contributed by atoms with Crippen LogP contribution in [0.2, 0.25) is 0 Å². The number of rotatable bonds is 13. The van der Waals surface area contributed by atoms with Crippen molar-refractivity contribution in [3.8, 4) is 0 Å². The number of aromatic amines is 1. The molecule has 3 N–H and O–H groups in total. The molecule has 0 aliphatic carbocycles. The van der Waals surface area contributed by atoms with Crippen LogP contribution in [0.5, 0.6) is 0 Å². The summed E-state index contributed by atoms with van der Waals surface area (Å²) in [6.07, 6.45) is 6.29. The summed E-state index contributed by atoms with van der Waals surface area (Å²) in [6, 6.07) is 0.190. The van der Waals surface area contributed by atoms with Gasteiger partial charge in [0.15, 0.2) is 12.3 Å². The Labute approximate surface area is 218 Å². The largest absolute Gasteiger partial charge is 0.456 e. The summed E-state index contributed by atoms with van der Waals surface area (Å²) < 4.78 is 6.44. The minimum Gasteiger partial charge on any atom is -0.456 e. The van der Waals surface area contributed by atoms with E-state index in [0.717, 1.165) is 38.5 Å². The molecule has 1 saturated heterocycles. The van der Waals surface area contributed by atoms with Crippen LogP contribution in [0.15, 0.2) is 9.59 Å². The van der Waals surface area contributed by atoms with Crippen LogP contribution < -0.4 is 21.9 Å². The Morgan fingerprint density at radius 1 is 1.03 bits per heavy atom. The number of nitrogens with two attached hydrogens (primary N) is 1. The van der Waals surface area contributed by atoms with Crippen LogP contribution in [0.25, 0.3) is 0 Å². The van der Waals surface area contributed by atoms with Gasteiger partial charge in [-0.25, -0.2) is 4.79 Å². The number of likely N-dealkylation sites (tertiary alicyclic amines) is 1. The Morgan fingerprint density at radius 2 is 1.68 bits per heavy atom. The Hall–Kier alpha value is -3.11. The molecule has 0 unspecified atom stereocenters. The molecule has 2 atom stereocenters. The van der Waals surface area contributed by atoms with Gasteiger partial charge in [0.05, 0.1) is 6.42 Å². The molecule has 1 aliphatic heterocycles. The van der Waals surface area contributed by atoms with Crippen LogP contribution in [-0.4, -0.2) is 57.5 Å². The number of hydrogen-bond donors (Lipinski definition) is 2. The van der Waals surface area contributed by atoms with E-state index in [2.05, 4.69) is 4.98 Å². The second-order valence-electron chi connectivity index (χ2n) is 9.84. The monoisotopic (exact) mass is 521 g/mol. The maximum Gasteiger partial charge on any atom is 0.330 e. The third kappa shape index (κ3) is 8.19. The molecule has 37 heavy (non-hydrogen) atoms. The fourth-order valence-electron chi connectivity index (χ4n) is 4.80. The highest BCUT2D eigenvalue weighted by Gasteiger charge is 2.30. The van der Waals surface area contributed by atoms with Crippen molar-refractivity contribution in [2.24, 2.45) is 0 Å². The van der Waals surface area contributed by atoms with E-state index in [1.165, 1.54) is 9.47 Å². The highest BCUT2D eigenvalue weighted by molar-refractivity contribution is 5.97. The first-order valence-corrected chi connectivity index (χ1v) is 13.5. The topological polar surface area (TPSA) is 148 Å². The molecule has 0 saturated carbocycles. The summed E-state index contributed by atoms with van der Waals surface area (Å²) in [4.78, 5) is 68.4. The van der Waals surface area contributed by atoms with Gasteiger partial charge in [-0.2, -0.15) is 0 Å². The molecule has 1 aliphatic rings. The summed E-state index contributed by atoms with van der Waals surface area (Å²) >= 11 is 0. The average Bonchev–Trinajstić information content (AvgIpc) is 2.84. The highest BCUT2D eigenvalue weighted by atomic mass is 16.5. The average molecular weight is 522 g/mol. The lowest BCUT2D eigenvalue weighted by molar-refractivity contribution is -0.155. The SMILES string of the molecule is CCCCCN(C(=O)CCC(=O)OCC(=O)N1[C@H](C)CCC[C@H]1C)c1c(N)n(CCCC)c(=O)[nH]c1=O. The number of carbonyl (C=O) groups is 3. The van der Waals surface area contributed by atoms with Crippen LogP contribution >= 0.6 is 0 Å². The van der Waals surface area contributed by atoms with Crippen molar-refractivity contribution < 1.29 is 19.1 Å². The molecule has 11 nitrogen and oxygen atoms in total. The van der Waals surface area contributed by atoms with Gasteiger partial charge in [-0.15, -0.1) is 0 Å². The van der Waals surface area contributed by atoms with Gasteiger partial charge in [0, 0.05) is 31.6 Å². The number of H-pyrrole nitrogens is 1. The fraction of sp³-hybridized carbons (Fsp3) is 0.731. The number of nitrogen functional groups attached to an aromatic ring is 1. The Kier molecular flexibility index (Phi) is 11.9. The van der Waals surface area contributed by atoms with E-state index in [0.29, 0.717) is 19.4 Å². The molecule has 2 rings (SSSR count). The minimum absolute atomic E-state index is 0.0648. The summed E-state index contributed by atoms with van der Waals surface area (Å²) in [6.45, 7) is 8.13. The summed E-state index contributed by atoms with van der Waals surface area (Å²) in [7, 11) is 0. The number of esters is 1. The molecule has 2 amide bonds. The number of carbonyl (C=O) groups excluding carboxylic acids is 3. The van der Waals surface area contributed by atoms with Crippen LogP contribution in [0.1, 0.15) is 91.9 Å². The zero-order valence-electron chi connectivity index (χ0n) is 22.7. The van der Waals surface area contributed by atoms with Crippen LogP contribution in [0.4, 0.5) is 11.5 Å². The highest BCUT2D eigenvalue weighted by Crippen LogP contribution is 2.23. The van der Waals surface area contributed by atoms with Crippen LogP contribution in [0.3, 0.4) is 0 Å². The van der Waals surface area contributed by atoms with E-state index >= 15 is 0 Å². The van der Waals surface area contributed by atoms with Crippen molar-refractivity contribution >= 4 is 29.3 Å². The van der Waals surface area contributed by atoms with Crippen molar-refractivity contribution in [2.75, 3.05) is 23.8 Å². The lowest BCUT2D eigenvalue weighted by Gasteiger charge is -2.38. The number of nitrogens with zero attached hydrogens (tertiary/aromatic N) is 3. The quantitative estimate of drug-likeness (QED) is 0.299. The lowest BCUT2D eigenvalue weighted by Crippen LogP contribution is -2.49. The molecule has 0 radical (unpaired) electrons. The van der Waals surface area contributed by atoms with E-state index in [9.17, 15) is 24.0 Å². The smallest absolute Gasteiger partial charge is 0.330 e. The molecule has 1 fully saturated rings. The molecule has 2 heterocycles. The zero-order valence-corrected chi connectivity index (χ0v) is 22.7. The third-order valence-electron chi connectivity index (χ3n) is 6.89. The Morgan fingerprint density at radius 3 is 2.30 bits per heavy atom.